The van der Waals surface area contributed by atoms with E-state index in [1.165, 1.54) is 44.2 Å². The van der Waals surface area contributed by atoms with E-state index in [4.69, 9.17) is 9.15 Å². The highest BCUT2D eigenvalue weighted by atomic mass is 16.5. The third kappa shape index (κ3) is 4.26. The van der Waals surface area contributed by atoms with E-state index >= 15 is 0 Å². The summed E-state index contributed by atoms with van der Waals surface area (Å²) in [6, 6.07) is 51.2. The van der Waals surface area contributed by atoms with Gasteiger partial charge < -0.3 is 9.15 Å². The number of furan rings is 1. The average molecular weight is 555 g/mol. The lowest BCUT2D eigenvalue weighted by Gasteiger charge is -2.34. The van der Waals surface area contributed by atoms with Crippen LogP contribution in [0.3, 0.4) is 0 Å². The molecule has 8 rings (SSSR count). The first-order valence-electron chi connectivity index (χ1n) is 14.8. The smallest absolute Gasteiger partial charge is 0.134 e. The van der Waals surface area contributed by atoms with E-state index in [0.717, 1.165) is 34.1 Å². The second-order valence-corrected chi connectivity index (χ2v) is 11.8. The van der Waals surface area contributed by atoms with E-state index in [9.17, 15) is 0 Å². The van der Waals surface area contributed by atoms with Crippen molar-refractivity contribution >= 4 is 10.8 Å². The topological polar surface area (TPSA) is 22.4 Å². The highest BCUT2D eigenvalue weighted by Crippen LogP contribution is 2.49. The SMILES string of the molecule is CC1(C)c2ccccc2Oc2cc(-c3ccc(-c4ccc(-c5cccc6cccc(-c7ccccc7)c56)cc4)o3)ccc21. The lowest BCUT2D eigenvalue weighted by Crippen LogP contribution is -2.24. The van der Waals surface area contributed by atoms with Crippen LogP contribution in [0.5, 0.6) is 11.5 Å². The minimum Gasteiger partial charge on any atom is -0.457 e. The summed E-state index contributed by atoms with van der Waals surface area (Å²) in [5, 5.41) is 2.50. The van der Waals surface area contributed by atoms with E-state index in [1.54, 1.807) is 0 Å². The van der Waals surface area contributed by atoms with E-state index in [-0.39, 0.29) is 5.41 Å². The molecule has 6 aromatic carbocycles. The molecule has 0 radical (unpaired) electrons. The fraction of sp³-hybridized carbons (Fsp3) is 0.0732. The molecule has 0 amide bonds. The van der Waals surface area contributed by atoms with Gasteiger partial charge in [-0.15, -0.1) is 0 Å². The molecular formula is C41H30O2. The third-order valence-electron chi connectivity index (χ3n) is 8.80. The maximum Gasteiger partial charge on any atom is 0.134 e. The van der Waals surface area contributed by atoms with Crippen molar-refractivity contribution in [3.05, 3.63) is 157 Å². The molecular weight excluding hydrogens is 524 g/mol. The van der Waals surface area contributed by atoms with Gasteiger partial charge in [0.15, 0.2) is 0 Å². The normalized spacial score (nSPS) is 13.3. The van der Waals surface area contributed by atoms with Crippen LogP contribution in [0.15, 0.2) is 150 Å². The molecule has 206 valence electrons. The van der Waals surface area contributed by atoms with Crippen LogP contribution in [0.4, 0.5) is 0 Å². The number of fused-ring (bicyclic) bond motifs is 3. The molecule has 2 heteroatoms. The number of hydrogen-bond donors (Lipinski definition) is 0. The van der Waals surface area contributed by atoms with Crippen LogP contribution < -0.4 is 4.74 Å². The van der Waals surface area contributed by atoms with Crippen LogP contribution in [0.25, 0.3) is 55.7 Å². The van der Waals surface area contributed by atoms with E-state index in [0.29, 0.717) is 0 Å². The van der Waals surface area contributed by atoms with Gasteiger partial charge in [0.1, 0.15) is 23.0 Å². The monoisotopic (exact) mass is 554 g/mol. The number of hydrogen-bond acceptors (Lipinski definition) is 2. The number of para-hydroxylation sites is 1. The summed E-state index contributed by atoms with van der Waals surface area (Å²) in [6.45, 7) is 4.50. The lowest BCUT2D eigenvalue weighted by atomic mass is 9.75. The van der Waals surface area contributed by atoms with Crippen molar-refractivity contribution in [1.82, 2.24) is 0 Å². The van der Waals surface area contributed by atoms with Crippen LogP contribution in [0, 0.1) is 0 Å². The second kappa shape index (κ2) is 9.89. The summed E-state index contributed by atoms with van der Waals surface area (Å²) in [7, 11) is 0. The quantitative estimate of drug-likeness (QED) is 0.216. The van der Waals surface area contributed by atoms with E-state index in [1.807, 2.05) is 18.2 Å². The average Bonchev–Trinajstić information content (AvgIpc) is 3.55. The first-order valence-corrected chi connectivity index (χ1v) is 14.8. The molecule has 2 nitrogen and oxygen atoms in total. The predicted octanol–water partition coefficient (Wildman–Crippen LogP) is 11.5. The number of rotatable bonds is 4. The highest BCUT2D eigenvalue weighted by Gasteiger charge is 2.34. The molecule has 43 heavy (non-hydrogen) atoms. The molecule has 0 spiro atoms. The first-order chi connectivity index (χ1) is 21.1. The summed E-state index contributed by atoms with van der Waals surface area (Å²) in [5.74, 6) is 3.46. The molecule has 0 unspecified atom stereocenters. The Kier molecular flexibility index (Phi) is 5.84. The molecule has 1 aliphatic heterocycles. The highest BCUT2D eigenvalue weighted by molar-refractivity contribution is 6.06. The maximum atomic E-state index is 6.41. The first kappa shape index (κ1) is 25.4. The predicted molar refractivity (Wildman–Crippen MR) is 177 cm³/mol. The van der Waals surface area contributed by atoms with Crippen molar-refractivity contribution in [3.63, 3.8) is 0 Å². The molecule has 0 saturated heterocycles. The van der Waals surface area contributed by atoms with Gasteiger partial charge in [-0.1, -0.05) is 135 Å². The fourth-order valence-corrected chi connectivity index (χ4v) is 6.51. The summed E-state index contributed by atoms with van der Waals surface area (Å²) < 4.78 is 12.8. The molecule has 1 aliphatic rings. The van der Waals surface area contributed by atoms with Crippen LogP contribution in [-0.2, 0) is 5.41 Å². The summed E-state index contributed by atoms with van der Waals surface area (Å²) in [6.07, 6.45) is 0. The molecule has 7 aromatic rings. The third-order valence-corrected chi connectivity index (χ3v) is 8.80. The van der Waals surface area contributed by atoms with Crippen LogP contribution in [-0.4, -0.2) is 0 Å². The fourth-order valence-electron chi connectivity index (χ4n) is 6.51. The Morgan fingerprint density at radius 3 is 1.77 bits per heavy atom. The molecule has 0 aliphatic carbocycles. The van der Waals surface area contributed by atoms with Crippen LogP contribution >= 0.6 is 0 Å². The summed E-state index contributed by atoms with van der Waals surface area (Å²) >= 11 is 0. The molecule has 0 N–H and O–H groups in total. The van der Waals surface area contributed by atoms with E-state index in [2.05, 4.69) is 141 Å². The molecule has 0 atom stereocenters. The Morgan fingerprint density at radius 1 is 0.442 bits per heavy atom. The Labute approximate surface area is 251 Å². The zero-order valence-electron chi connectivity index (χ0n) is 24.2. The Morgan fingerprint density at radius 2 is 1.02 bits per heavy atom. The standard InChI is InChI=1S/C41H30O2/c1-41(2)34-16-6-7-17-38(34)43-39-26-31(22-23-35(39)41)37-25-24-36(42-37)29-20-18-28(19-21-29)33-15-9-13-30-12-8-14-32(40(30)33)27-10-4-3-5-11-27/h3-26H,1-2H3. The second-order valence-electron chi connectivity index (χ2n) is 11.8. The molecule has 1 aromatic heterocycles. The van der Waals surface area contributed by atoms with Gasteiger partial charge in [0, 0.05) is 27.7 Å². The van der Waals surface area contributed by atoms with Crippen LogP contribution in [0.2, 0.25) is 0 Å². The number of ether oxygens (including phenoxy) is 1. The van der Waals surface area contributed by atoms with Gasteiger partial charge in [-0.25, -0.2) is 0 Å². The summed E-state index contributed by atoms with van der Waals surface area (Å²) in [5.41, 5.74) is 9.17. The van der Waals surface area contributed by atoms with Crippen LogP contribution in [0.1, 0.15) is 25.0 Å². The largest absolute Gasteiger partial charge is 0.457 e. The zero-order chi connectivity index (χ0) is 29.0. The van der Waals surface area contributed by atoms with Crippen molar-refractivity contribution < 1.29 is 9.15 Å². The number of benzene rings is 6. The van der Waals surface area contributed by atoms with Crippen molar-refractivity contribution in [2.75, 3.05) is 0 Å². The zero-order valence-corrected chi connectivity index (χ0v) is 24.2. The van der Waals surface area contributed by atoms with Gasteiger partial charge in [-0.05, 0) is 57.3 Å². The summed E-state index contributed by atoms with van der Waals surface area (Å²) in [4.78, 5) is 0. The Bertz CT molecular complexity index is 2110. The van der Waals surface area contributed by atoms with Gasteiger partial charge in [0.05, 0.1) is 0 Å². The molecule has 0 bridgehead atoms. The Hall–Kier alpha value is -5.34. The van der Waals surface area contributed by atoms with Gasteiger partial charge in [-0.3, -0.25) is 0 Å². The van der Waals surface area contributed by atoms with Gasteiger partial charge in [0.2, 0.25) is 0 Å². The van der Waals surface area contributed by atoms with Crippen molar-refractivity contribution in [1.29, 1.82) is 0 Å². The minimum atomic E-state index is -0.134. The maximum absolute atomic E-state index is 6.41. The van der Waals surface area contributed by atoms with Crippen molar-refractivity contribution in [2.45, 2.75) is 19.3 Å². The molecule has 2 heterocycles. The Balaban J connectivity index is 1.12. The minimum absolute atomic E-state index is 0.134. The molecule has 0 fully saturated rings. The van der Waals surface area contributed by atoms with Crippen molar-refractivity contribution in [2.24, 2.45) is 0 Å². The van der Waals surface area contributed by atoms with Gasteiger partial charge in [0.25, 0.3) is 0 Å². The van der Waals surface area contributed by atoms with Gasteiger partial charge >= 0.3 is 0 Å². The van der Waals surface area contributed by atoms with E-state index < -0.39 is 0 Å². The molecule has 0 saturated carbocycles. The lowest BCUT2D eigenvalue weighted by molar-refractivity contribution is 0.418. The van der Waals surface area contributed by atoms with Crippen molar-refractivity contribution in [3.8, 4) is 56.4 Å². The van der Waals surface area contributed by atoms with Gasteiger partial charge in [-0.2, -0.15) is 0 Å².